The zero-order valence-electron chi connectivity index (χ0n) is 16.1. The lowest BCUT2D eigenvalue weighted by molar-refractivity contribution is -0.111. The molecular formula is C21H20N4O4S. The number of aliphatic hydroxyl groups excluding tert-OH is 1. The van der Waals surface area contributed by atoms with Crippen molar-refractivity contribution < 1.29 is 19.4 Å². The molecule has 0 saturated carbocycles. The van der Waals surface area contributed by atoms with Gasteiger partial charge in [0.25, 0.3) is 0 Å². The number of anilines is 1. The number of aromatic nitrogens is 1. The molecule has 154 valence electrons. The summed E-state index contributed by atoms with van der Waals surface area (Å²) >= 11 is 1.35. The van der Waals surface area contributed by atoms with Crippen molar-refractivity contribution in [1.82, 2.24) is 9.88 Å². The molecule has 2 N–H and O–H groups in total. The normalized spacial score (nSPS) is 18.4. The largest absolute Gasteiger partial charge is 0.446 e. The smallest absolute Gasteiger partial charge is 0.410 e. The number of rotatable bonds is 4. The first kappa shape index (κ1) is 20.1. The Morgan fingerprint density at radius 2 is 2.27 bits per heavy atom. The second-order valence-corrected chi connectivity index (χ2v) is 8.34. The molecule has 2 aliphatic rings. The van der Waals surface area contributed by atoms with E-state index in [0.717, 1.165) is 16.0 Å². The second-order valence-electron chi connectivity index (χ2n) is 7.24. The maximum Gasteiger partial charge on any atom is 0.410 e. The summed E-state index contributed by atoms with van der Waals surface area (Å²) in [5.74, 6) is -0.326. The highest BCUT2D eigenvalue weighted by atomic mass is 32.1. The maximum absolute atomic E-state index is 12.3. The fourth-order valence-electron chi connectivity index (χ4n) is 3.48. The van der Waals surface area contributed by atoms with Crippen molar-refractivity contribution in [1.29, 1.82) is 5.26 Å². The zero-order valence-corrected chi connectivity index (χ0v) is 16.9. The van der Waals surface area contributed by atoms with Gasteiger partial charge < -0.3 is 20.1 Å². The average Bonchev–Trinajstić information content (AvgIpc) is 3.06. The zero-order chi connectivity index (χ0) is 21.1. The van der Waals surface area contributed by atoms with Crippen LogP contribution in [0.15, 0.2) is 30.6 Å². The van der Waals surface area contributed by atoms with Crippen LogP contribution in [-0.2, 0) is 22.4 Å². The summed E-state index contributed by atoms with van der Waals surface area (Å²) in [5, 5.41) is 22.2. The lowest BCUT2D eigenvalue weighted by Gasteiger charge is -2.36. The van der Waals surface area contributed by atoms with Gasteiger partial charge in [-0.2, -0.15) is 5.26 Å². The number of likely N-dealkylation sites (tertiary alicyclic amines) is 1. The summed E-state index contributed by atoms with van der Waals surface area (Å²) in [5.41, 5.74) is 2.20. The van der Waals surface area contributed by atoms with Gasteiger partial charge in [0.2, 0.25) is 5.91 Å². The number of carbonyl (C=O) groups excluding carboxylic acids is 2. The van der Waals surface area contributed by atoms with Crippen LogP contribution >= 0.6 is 11.3 Å². The van der Waals surface area contributed by atoms with E-state index in [0.29, 0.717) is 42.9 Å². The molecular weight excluding hydrogens is 404 g/mol. The van der Waals surface area contributed by atoms with E-state index in [2.05, 4.69) is 16.4 Å². The fraction of sp³-hybridized carbons (Fsp3) is 0.333. The highest BCUT2D eigenvalue weighted by Gasteiger charge is 2.33. The van der Waals surface area contributed by atoms with Crippen LogP contribution in [-0.4, -0.2) is 52.3 Å². The molecule has 0 spiro atoms. The quantitative estimate of drug-likeness (QED) is 0.728. The van der Waals surface area contributed by atoms with Gasteiger partial charge in [-0.25, -0.2) is 4.79 Å². The van der Waals surface area contributed by atoms with Crippen molar-refractivity contribution in [2.24, 2.45) is 0 Å². The van der Waals surface area contributed by atoms with Gasteiger partial charge in [0, 0.05) is 29.8 Å². The first-order chi connectivity index (χ1) is 14.5. The van der Waals surface area contributed by atoms with E-state index in [1.54, 1.807) is 24.5 Å². The standard InChI is InChI=1S/C21H20N4O4S/c22-9-17-16-5-4-15(29-21(28)25-11-14(26)12-25)8-18(16)30-20(17)24-19(27)6-3-13-2-1-7-23-10-13/h1-3,6-7,10,14-15,26H,4-5,8,11-12H2,(H,24,27)/b6-3+. The molecule has 1 unspecified atom stereocenters. The molecule has 0 bridgehead atoms. The number of hydrogen-bond donors (Lipinski definition) is 2. The van der Waals surface area contributed by atoms with E-state index in [1.807, 2.05) is 6.07 Å². The number of amides is 2. The minimum Gasteiger partial charge on any atom is -0.446 e. The lowest BCUT2D eigenvalue weighted by Crippen LogP contribution is -2.54. The molecule has 2 aromatic rings. The van der Waals surface area contributed by atoms with Gasteiger partial charge in [0.15, 0.2) is 0 Å². The number of thiophene rings is 1. The summed E-state index contributed by atoms with van der Waals surface area (Å²) in [7, 11) is 0. The minimum atomic E-state index is -0.468. The van der Waals surface area contributed by atoms with E-state index in [4.69, 9.17) is 4.74 Å². The highest BCUT2D eigenvalue weighted by molar-refractivity contribution is 7.16. The first-order valence-corrected chi connectivity index (χ1v) is 10.4. The molecule has 9 heteroatoms. The number of aliphatic hydroxyl groups is 1. The number of hydrogen-bond acceptors (Lipinski definition) is 7. The predicted octanol–water partition coefficient (Wildman–Crippen LogP) is 2.34. The van der Waals surface area contributed by atoms with Crippen molar-refractivity contribution in [2.75, 3.05) is 18.4 Å². The molecule has 1 aliphatic heterocycles. The van der Waals surface area contributed by atoms with Crippen LogP contribution in [0.3, 0.4) is 0 Å². The number of ether oxygens (including phenoxy) is 1. The van der Waals surface area contributed by atoms with Crippen LogP contribution in [0.1, 0.15) is 28.0 Å². The summed E-state index contributed by atoms with van der Waals surface area (Å²) < 4.78 is 5.55. The number of β-amino-alcohol motifs (C(OH)–C–C–N with tert-alkyl or cyclic N) is 1. The number of nitrogens with zero attached hydrogens (tertiary/aromatic N) is 3. The third-order valence-electron chi connectivity index (χ3n) is 5.07. The molecule has 1 aliphatic carbocycles. The third kappa shape index (κ3) is 4.35. The maximum atomic E-state index is 12.3. The number of carbonyl (C=O) groups is 2. The van der Waals surface area contributed by atoms with Crippen LogP contribution in [0.2, 0.25) is 0 Å². The van der Waals surface area contributed by atoms with Crippen LogP contribution in [0.4, 0.5) is 9.80 Å². The van der Waals surface area contributed by atoms with Gasteiger partial charge in [-0.05, 0) is 36.1 Å². The number of pyridine rings is 1. The molecule has 2 amide bonds. The molecule has 1 saturated heterocycles. The monoisotopic (exact) mass is 424 g/mol. The van der Waals surface area contributed by atoms with E-state index in [-0.39, 0.29) is 12.0 Å². The van der Waals surface area contributed by atoms with E-state index in [1.165, 1.54) is 22.3 Å². The van der Waals surface area contributed by atoms with Crippen molar-refractivity contribution >= 4 is 34.4 Å². The van der Waals surface area contributed by atoms with Gasteiger partial charge in [-0.1, -0.05) is 6.07 Å². The Bertz CT molecular complexity index is 1020. The molecule has 1 atom stereocenters. The first-order valence-electron chi connectivity index (χ1n) is 9.61. The molecule has 30 heavy (non-hydrogen) atoms. The van der Waals surface area contributed by atoms with Crippen molar-refractivity contribution in [3.05, 3.63) is 52.2 Å². The highest BCUT2D eigenvalue weighted by Crippen LogP contribution is 2.38. The van der Waals surface area contributed by atoms with Crippen LogP contribution in [0.5, 0.6) is 0 Å². The Balaban J connectivity index is 1.41. The topological polar surface area (TPSA) is 116 Å². The predicted molar refractivity (Wildman–Crippen MR) is 111 cm³/mol. The average molecular weight is 424 g/mol. The second kappa shape index (κ2) is 8.65. The van der Waals surface area contributed by atoms with Gasteiger partial charge in [0.1, 0.15) is 17.2 Å². The number of fused-ring (bicyclic) bond motifs is 1. The van der Waals surface area contributed by atoms with Crippen LogP contribution in [0.25, 0.3) is 6.08 Å². The minimum absolute atomic E-state index is 0.276. The summed E-state index contributed by atoms with van der Waals surface area (Å²) in [6, 6.07) is 5.82. The Morgan fingerprint density at radius 3 is 2.97 bits per heavy atom. The van der Waals surface area contributed by atoms with Gasteiger partial charge in [0.05, 0.1) is 24.8 Å². The molecule has 2 aromatic heterocycles. The number of nitriles is 1. The van der Waals surface area contributed by atoms with Crippen LogP contribution < -0.4 is 5.32 Å². The Morgan fingerprint density at radius 1 is 1.43 bits per heavy atom. The summed E-state index contributed by atoms with van der Waals surface area (Å²) in [4.78, 5) is 30.8. The summed E-state index contributed by atoms with van der Waals surface area (Å²) in [6.45, 7) is 0.605. The molecule has 1 fully saturated rings. The van der Waals surface area contributed by atoms with Gasteiger partial charge in [-0.15, -0.1) is 11.3 Å². The summed E-state index contributed by atoms with van der Waals surface area (Å²) in [6.07, 6.45) is 6.95. The van der Waals surface area contributed by atoms with Gasteiger partial charge in [-0.3, -0.25) is 9.78 Å². The molecule has 0 aromatic carbocycles. The van der Waals surface area contributed by atoms with Crippen molar-refractivity contribution in [2.45, 2.75) is 31.5 Å². The SMILES string of the molecule is N#Cc1c(NC(=O)/C=C/c2cccnc2)sc2c1CCC(OC(=O)N1CC(O)C1)C2. The molecule has 3 heterocycles. The Hall–Kier alpha value is -3.22. The Kier molecular flexibility index (Phi) is 5.79. The van der Waals surface area contributed by atoms with Crippen molar-refractivity contribution in [3.8, 4) is 6.07 Å². The van der Waals surface area contributed by atoms with E-state index < -0.39 is 12.2 Å². The van der Waals surface area contributed by atoms with Gasteiger partial charge >= 0.3 is 6.09 Å². The van der Waals surface area contributed by atoms with Crippen molar-refractivity contribution in [3.63, 3.8) is 0 Å². The fourth-order valence-corrected chi connectivity index (χ4v) is 4.75. The molecule has 8 nitrogen and oxygen atoms in total. The Labute approximate surface area is 177 Å². The number of nitrogens with one attached hydrogen (secondary N) is 1. The molecule has 4 rings (SSSR count). The third-order valence-corrected chi connectivity index (χ3v) is 6.24. The van der Waals surface area contributed by atoms with E-state index in [9.17, 15) is 20.0 Å². The van der Waals surface area contributed by atoms with E-state index >= 15 is 0 Å². The lowest BCUT2D eigenvalue weighted by atomic mass is 9.94. The molecule has 0 radical (unpaired) electrons. The van der Waals surface area contributed by atoms with Crippen LogP contribution in [0, 0.1) is 11.3 Å².